The zero-order valence-corrected chi connectivity index (χ0v) is 24.9. The van der Waals surface area contributed by atoms with Gasteiger partial charge in [0.1, 0.15) is 18.7 Å². The van der Waals surface area contributed by atoms with Gasteiger partial charge in [0.05, 0.1) is 18.2 Å². The van der Waals surface area contributed by atoms with Gasteiger partial charge < -0.3 is 31.3 Å². The molecule has 0 saturated heterocycles. The highest BCUT2D eigenvalue weighted by Gasteiger charge is 2.36. The third-order valence-corrected chi connectivity index (χ3v) is 6.80. The van der Waals surface area contributed by atoms with Crippen LogP contribution in [0.1, 0.15) is 51.7 Å². The summed E-state index contributed by atoms with van der Waals surface area (Å²) in [5.41, 5.74) is 7.22. The van der Waals surface area contributed by atoms with Gasteiger partial charge in [-0.05, 0) is 43.7 Å². The lowest BCUT2D eigenvalue weighted by atomic mass is 9.97. The topological polar surface area (TPSA) is 188 Å². The molecule has 2 aromatic rings. The molecular weight excluding hydrogens is 556 g/mol. The van der Waals surface area contributed by atoms with E-state index in [-0.39, 0.29) is 31.8 Å². The Kier molecular flexibility index (Phi) is 13.8. The number of hydrogen-bond acceptors (Lipinski definition) is 8. The maximum atomic E-state index is 13.4. The normalized spacial score (nSPS) is 14.5. The molecule has 0 heterocycles. The van der Waals surface area contributed by atoms with E-state index in [0.717, 1.165) is 5.56 Å². The van der Waals surface area contributed by atoms with Gasteiger partial charge in [-0.1, -0.05) is 74.5 Å². The number of rotatable bonds is 15. The second-order valence-corrected chi connectivity index (χ2v) is 10.8. The zero-order chi connectivity index (χ0) is 32.1. The van der Waals surface area contributed by atoms with E-state index < -0.39 is 60.1 Å². The van der Waals surface area contributed by atoms with E-state index >= 15 is 0 Å². The van der Waals surface area contributed by atoms with Crippen molar-refractivity contribution in [1.29, 1.82) is 0 Å². The summed E-state index contributed by atoms with van der Waals surface area (Å²) in [6, 6.07) is 13.3. The molecule has 4 amide bonds. The first-order chi connectivity index (χ1) is 20.3. The lowest BCUT2D eigenvalue weighted by Crippen LogP contribution is -2.57. The fourth-order valence-electron chi connectivity index (χ4n) is 4.26. The molecule has 0 aromatic heterocycles. The second kappa shape index (κ2) is 17.0. The lowest BCUT2D eigenvalue weighted by molar-refractivity contribution is -0.143. The van der Waals surface area contributed by atoms with Gasteiger partial charge in [0.15, 0.2) is 0 Å². The highest BCUT2D eigenvalue weighted by Crippen LogP contribution is 2.14. The van der Waals surface area contributed by atoms with Crippen molar-refractivity contribution in [2.24, 2.45) is 11.7 Å². The zero-order valence-electron chi connectivity index (χ0n) is 24.9. The lowest BCUT2D eigenvalue weighted by Gasteiger charge is -2.30. The molecular formula is C31H42N4O8. The molecule has 2 aromatic carbocycles. The van der Waals surface area contributed by atoms with Crippen LogP contribution < -0.4 is 16.4 Å². The third kappa shape index (κ3) is 11.1. The number of carboxylic acid groups (broad SMARTS) is 1. The number of aliphatic carboxylic acids is 1. The molecule has 0 bridgehead atoms. The van der Waals surface area contributed by atoms with E-state index in [1.807, 2.05) is 6.07 Å². The van der Waals surface area contributed by atoms with Crippen LogP contribution in [0.2, 0.25) is 0 Å². The SMILES string of the molecule is CC(C)C(NC(=O)CCC(O)[C@H](Cc1ccccc1)NC(=O)[C@H](C)N(C(=O)OCc1ccccc1)C(=O)[C@H](C)N)C(=O)O. The van der Waals surface area contributed by atoms with Gasteiger partial charge in [-0.2, -0.15) is 0 Å². The Morgan fingerprint density at radius 3 is 1.95 bits per heavy atom. The number of imide groups is 1. The summed E-state index contributed by atoms with van der Waals surface area (Å²) in [5, 5.41) is 25.6. The van der Waals surface area contributed by atoms with Crippen LogP contribution in [0.25, 0.3) is 0 Å². The van der Waals surface area contributed by atoms with Crippen molar-refractivity contribution in [3.05, 3.63) is 71.8 Å². The summed E-state index contributed by atoms with van der Waals surface area (Å²) >= 11 is 0. The van der Waals surface area contributed by atoms with Crippen LogP contribution in [0.5, 0.6) is 0 Å². The van der Waals surface area contributed by atoms with Gasteiger partial charge in [0, 0.05) is 6.42 Å². The number of nitrogens with two attached hydrogens (primary N) is 1. The molecule has 0 spiro atoms. The molecule has 0 aliphatic rings. The summed E-state index contributed by atoms with van der Waals surface area (Å²) in [6.45, 7) is 5.92. The number of aliphatic hydroxyl groups excluding tert-OH is 1. The summed E-state index contributed by atoms with van der Waals surface area (Å²) in [7, 11) is 0. The van der Waals surface area contributed by atoms with Crippen molar-refractivity contribution in [2.45, 2.75) is 83.8 Å². The first kappa shape index (κ1) is 34.9. The van der Waals surface area contributed by atoms with Crippen LogP contribution in [0, 0.1) is 5.92 Å². The Morgan fingerprint density at radius 2 is 1.44 bits per heavy atom. The molecule has 234 valence electrons. The Balaban J connectivity index is 2.18. The fourth-order valence-corrected chi connectivity index (χ4v) is 4.26. The minimum absolute atomic E-state index is 0.0932. The van der Waals surface area contributed by atoms with E-state index in [1.54, 1.807) is 68.4 Å². The maximum Gasteiger partial charge on any atom is 0.417 e. The van der Waals surface area contributed by atoms with Crippen LogP contribution in [0.15, 0.2) is 60.7 Å². The predicted octanol–water partition coefficient (Wildman–Crippen LogP) is 1.98. The number of carbonyl (C=O) groups is 5. The Morgan fingerprint density at radius 1 is 0.884 bits per heavy atom. The van der Waals surface area contributed by atoms with Gasteiger partial charge in [-0.3, -0.25) is 14.4 Å². The largest absolute Gasteiger partial charge is 0.480 e. The van der Waals surface area contributed by atoms with E-state index in [9.17, 15) is 34.2 Å². The molecule has 12 heteroatoms. The molecule has 43 heavy (non-hydrogen) atoms. The number of aliphatic hydroxyl groups is 1. The number of nitrogens with one attached hydrogen (secondary N) is 2. The van der Waals surface area contributed by atoms with Crippen molar-refractivity contribution in [3.8, 4) is 0 Å². The first-order valence-corrected chi connectivity index (χ1v) is 14.2. The number of nitrogens with zero attached hydrogens (tertiary/aromatic N) is 1. The summed E-state index contributed by atoms with van der Waals surface area (Å²) in [6.07, 6.45) is -2.40. The van der Waals surface area contributed by atoms with E-state index in [1.165, 1.54) is 13.8 Å². The highest BCUT2D eigenvalue weighted by atomic mass is 16.6. The van der Waals surface area contributed by atoms with Crippen molar-refractivity contribution >= 4 is 29.8 Å². The number of hydrogen-bond donors (Lipinski definition) is 5. The monoisotopic (exact) mass is 598 g/mol. The number of carboxylic acids is 1. The van der Waals surface area contributed by atoms with Crippen LogP contribution in [-0.2, 0) is 36.9 Å². The minimum Gasteiger partial charge on any atom is -0.480 e. The van der Waals surface area contributed by atoms with E-state index in [4.69, 9.17) is 10.5 Å². The fraction of sp³-hybridized carbons (Fsp3) is 0.452. The van der Waals surface area contributed by atoms with Crippen LogP contribution >= 0.6 is 0 Å². The molecule has 6 N–H and O–H groups in total. The Labute approximate surface area is 251 Å². The van der Waals surface area contributed by atoms with Gasteiger partial charge in [0.2, 0.25) is 17.7 Å². The smallest absolute Gasteiger partial charge is 0.417 e. The number of amides is 4. The Hall–Kier alpha value is -4.29. The predicted molar refractivity (Wildman–Crippen MR) is 158 cm³/mol. The van der Waals surface area contributed by atoms with E-state index in [2.05, 4.69) is 10.6 Å². The number of ether oxygens (including phenoxy) is 1. The molecule has 5 atom stereocenters. The van der Waals surface area contributed by atoms with Gasteiger partial charge >= 0.3 is 12.1 Å². The molecule has 0 fully saturated rings. The standard InChI is InChI=1S/C31H42N4O8/c1-19(2)27(30(40)41)34-26(37)16-15-25(36)24(17-22-11-7-5-8-12-22)33-28(38)21(4)35(29(39)20(3)32)31(42)43-18-23-13-9-6-10-14-23/h5-14,19-21,24-25,27,36H,15-18,32H2,1-4H3,(H,33,38)(H,34,37)(H,40,41)/t20-,21-,24-,25?,27?/m0/s1. The molecule has 2 rings (SSSR count). The van der Waals surface area contributed by atoms with Gasteiger partial charge in [0.25, 0.3) is 0 Å². The Bertz CT molecular complexity index is 1220. The van der Waals surface area contributed by atoms with Crippen molar-refractivity contribution in [1.82, 2.24) is 15.5 Å². The molecule has 2 unspecified atom stereocenters. The van der Waals surface area contributed by atoms with Crippen LogP contribution in [-0.4, -0.2) is 75.2 Å². The third-order valence-electron chi connectivity index (χ3n) is 6.80. The average Bonchev–Trinajstić information content (AvgIpc) is 2.97. The summed E-state index contributed by atoms with van der Waals surface area (Å²) in [5.74, 6) is -3.65. The molecule has 0 radical (unpaired) electrons. The quantitative estimate of drug-likeness (QED) is 0.204. The van der Waals surface area contributed by atoms with Crippen LogP contribution in [0.3, 0.4) is 0 Å². The number of benzene rings is 2. The van der Waals surface area contributed by atoms with E-state index in [0.29, 0.717) is 10.5 Å². The van der Waals surface area contributed by atoms with Crippen molar-refractivity contribution < 1.29 is 38.9 Å². The number of carbonyl (C=O) groups excluding carboxylic acids is 4. The highest BCUT2D eigenvalue weighted by molar-refractivity contribution is 5.99. The average molecular weight is 599 g/mol. The first-order valence-electron chi connectivity index (χ1n) is 14.2. The molecule has 12 nitrogen and oxygen atoms in total. The molecule has 0 aliphatic carbocycles. The van der Waals surface area contributed by atoms with Gasteiger partial charge in [-0.15, -0.1) is 0 Å². The van der Waals surface area contributed by atoms with Crippen molar-refractivity contribution in [2.75, 3.05) is 0 Å². The van der Waals surface area contributed by atoms with Crippen molar-refractivity contribution in [3.63, 3.8) is 0 Å². The summed E-state index contributed by atoms with van der Waals surface area (Å²) < 4.78 is 5.31. The summed E-state index contributed by atoms with van der Waals surface area (Å²) in [4.78, 5) is 63.9. The maximum absolute atomic E-state index is 13.4. The molecule has 0 saturated carbocycles. The van der Waals surface area contributed by atoms with Crippen LogP contribution in [0.4, 0.5) is 4.79 Å². The van der Waals surface area contributed by atoms with Gasteiger partial charge in [-0.25, -0.2) is 14.5 Å². The second-order valence-electron chi connectivity index (χ2n) is 10.8. The minimum atomic E-state index is -1.35. The molecule has 0 aliphatic heterocycles.